The smallest absolute Gasteiger partial charge is 0.123 e. The van der Waals surface area contributed by atoms with Gasteiger partial charge in [0.1, 0.15) is 5.75 Å². The van der Waals surface area contributed by atoms with Crippen molar-refractivity contribution < 1.29 is 4.74 Å². The first kappa shape index (κ1) is 15.1. The van der Waals surface area contributed by atoms with E-state index < -0.39 is 0 Å². The Hall–Kier alpha value is -0.320. The van der Waals surface area contributed by atoms with E-state index in [-0.39, 0.29) is 4.83 Å². The van der Waals surface area contributed by atoms with Crippen LogP contribution in [0.1, 0.15) is 33.3 Å². The van der Waals surface area contributed by atoms with Crippen LogP contribution in [-0.2, 0) is 6.42 Å². The molecule has 2 rings (SSSR count). The Morgan fingerprint density at radius 2 is 2.11 bits per heavy atom. The standard InChI is InChI=1S/C15H16Br2OS/c1-4-10-5-6-19-15(10)14(17)11-8-12(16)9(2)7-13(11)18-3/h5-8,14H,4H2,1-3H3. The number of methoxy groups -OCH3 is 1. The van der Waals surface area contributed by atoms with Crippen molar-refractivity contribution in [3.63, 3.8) is 0 Å². The largest absolute Gasteiger partial charge is 0.496 e. The van der Waals surface area contributed by atoms with Gasteiger partial charge >= 0.3 is 0 Å². The quantitative estimate of drug-likeness (QED) is 0.579. The highest BCUT2D eigenvalue weighted by Gasteiger charge is 2.20. The van der Waals surface area contributed by atoms with Crippen molar-refractivity contribution in [3.8, 4) is 5.75 Å². The van der Waals surface area contributed by atoms with Crippen LogP contribution in [0.4, 0.5) is 0 Å². The summed E-state index contributed by atoms with van der Waals surface area (Å²) >= 11 is 9.22. The molecule has 0 fully saturated rings. The molecule has 102 valence electrons. The summed E-state index contributed by atoms with van der Waals surface area (Å²) in [6.45, 7) is 4.26. The zero-order chi connectivity index (χ0) is 14.0. The zero-order valence-electron chi connectivity index (χ0n) is 11.2. The van der Waals surface area contributed by atoms with E-state index in [9.17, 15) is 0 Å². The molecule has 0 spiro atoms. The Morgan fingerprint density at radius 3 is 2.74 bits per heavy atom. The van der Waals surface area contributed by atoms with Crippen LogP contribution in [0.5, 0.6) is 5.75 Å². The van der Waals surface area contributed by atoms with E-state index >= 15 is 0 Å². The summed E-state index contributed by atoms with van der Waals surface area (Å²) in [6.07, 6.45) is 1.05. The van der Waals surface area contributed by atoms with Gasteiger partial charge in [-0.15, -0.1) is 11.3 Å². The molecule has 0 N–H and O–H groups in total. The first-order chi connectivity index (χ1) is 9.08. The summed E-state index contributed by atoms with van der Waals surface area (Å²) in [6, 6.07) is 6.42. The predicted octanol–water partition coefficient (Wildman–Crippen LogP) is 5.87. The van der Waals surface area contributed by atoms with Crippen LogP contribution in [-0.4, -0.2) is 7.11 Å². The van der Waals surface area contributed by atoms with E-state index in [4.69, 9.17) is 4.74 Å². The average Bonchev–Trinajstić information content (AvgIpc) is 2.88. The zero-order valence-corrected chi connectivity index (χ0v) is 15.2. The number of aryl methyl sites for hydroxylation is 2. The van der Waals surface area contributed by atoms with E-state index in [0.29, 0.717) is 0 Å². The monoisotopic (exact) mass is 402 g/mol. The van der Waals surface area contributed by atoms with Gasteiger partial charge in [-0.2, -0.15) is 0 Å². The van der Waals surface area contributed by atoms with E-state index in [1.54, 1.807) is 18.4 Å². The molecule has 0 bridgehead atoms. The minimum absolute atomic E-state index is 0.175. The SMILES string of the molecule is CCc1ccsc1C(Br)c1cc(Br)c(C)cc1OC. The second-order valence-electron chi connectivity index (χ2n) is 4.37. The highest BCUT2D eigenvalue weighted by molar-refractivity contribution is 9.10. The molecule has 0 amide bonds. The maximum atomic E-state index is 5.53. The second kappa shape index (κ2) is 6.42. The van der Waals surface area contributed by atoms with Gasteiger partial charge in [0.15, 0.2) is 0 Å². The van der Waals surface area contributed by atoms with Crippen LogP contribution in [0.25, 0.3) is 0 Å². The molecule has 0 aliphatic rings. The van der Waals surface area contributed by atoms with Crippen LogP contribution >= 0.6 is 43.2 Å². The molecule has 2 aromatic rings. The molecule has 1 aromatic carbocycles. The Kier molecular flexibility index (Phi) is 5.09. The third kappa shape index (κ3) is 3.06. The van der Waals surface area contributed by atoms with Crippen LogP contribution < -0.4 is 4.74 Å². The maximum absolute atomic E-state index is 5.53. The molecular weight excluding hydrogens is 388 g/mol. The molecule has 0 saturated carbocycles. The average molecular weight is 404 g/mol. The summed E-state index contributed by atoms with van der Waals surface area (Å²) in [5.41, 5.74) is 3.74. The van der Waals surface area contributed by atoms with Gasteiger partial charge in [-0.25, -0.2) is 0 Å². The Labute approximate surface area is 135 Å². The lowest BCUT2D eigenvalue weighted by Gasteiger charge is -2.16. The molecular formula is C15H16Br2OS. The molecule has 0 radical (unpaired) electrons. The molecule has 0 saturated heterocycles. The number of alkyl halides is 1. The minimum Gasteiger partial charge on any atom is -0.496 e. The minimum atomic E-state index is 0.175. The summed E-state index contributed by atoms with van der Waals surface area (Å²) in [7, 11) is 1.72. The van der Waals surface area contributed by atoms with Gasteiger partial charge in [0, 0.05) is 14.9 Å². The molecule has 0 aliphatic heterocycles. The summed E-state index contributed by atoms with van der Waals surface area (Å²) in [5, 5.41) is 2.15. The molecule has 1 nitrogen and oxygen atoms in total. The highest BCUT2D eigenvalue weighted by Crippen LogP contribution is 2.42. The lowest BCUT2D eigenvalue weighted by molar-refractivity contribution is 0.410. The number of ether oxygens (including phenoxy) is 1. The molecule has 1 atom stereocenters. The van der Waals surface area contributed by atoms with Gasteiger partial charge in [-0.1, -0.05) is 38.8 Å². The second-order valence-corrected chi connectivity index (χ2v) is 7.09. The number of hydrogen-bond donors (Lipinski definition) is 0. The predicted molar refractivity (Wildman–Crippen MR) is 89.9 cm³/mol. The van der Waals surface area contributed by atoms with E-state index in [0.717, 1.165) is 22.2 Å². The fourth-order valence-corrected chi connectivity index (χ4v) is 4.37. The third-order valence-electron chi connectivity index (χ3n) is 3.18. The first-order valence-electron chi connectivity index (χ1n) is 6.12. The first-order valence-corrected chi connectivity index (χ1v) is 8.71. The van der Waals surface area contributed by atoms with Crippen molar-refractivity contribution >= 4 is 43.2 Å². The number of benzene rings is 1. The number of halogens is 2. The van der Waals surface area contributed by atoms with Crippen molar-refractivity contribution in [2.75, 3.05) is 7.11 Å². The van der Waals surface area contributed by atoms with Gasteiger partial charge in [-0.05, 0) is 48.1 Å². The van der Waals surface area contributed by atoms with E-state index in [1.807, 2.05) is 0 Å². The normalized spacial score (nSPS) is 12.5. The molecule has 1 aromatic heterocycles. The van der Waals surface area contributed by atoms with Gasteiger partial charge in [0.2, 0.25) is 0 Å². The van der Waals surface area contributed by atoms with Crippen molar-refractivity contribution in [1.29, 1.82) is 0 Å². The van der Waals surface area contributed by atoms with Crippen molar-refractivity contribution in [2.24, 2.45) is 0 Å². The highest BCUT2D eigenvalue weighted by atomic mass is 79.9. The lowest BCUT2D eigenvalue weighted by atomic mass is 10.0. The maximum Gasteiger partial charge on any atom is 0.123 e. The topological polar surface area (TPSA) is 9.23 Å². The Balaban J connectivity index is 2.49. The summed E-state index contributed by atoms with van der Waals surface area (Å²) < 4.78 is 6.64. The molecule has 4 heteroatoms. The number of hydrogen-bond acceptors (Lipinski definition) is 2. The summed E-state index contributed by atoms with van der Waals surface area (Å²) in [5.74, 6) is 0.929. The fraction of sp³-hybridized carbons (Fsp3) is 0.333. The van der Waals surface area contributed by atoms with Gasteiger partial charge in [-0.3, -0.25) is 0 Å². The number of thiophene rings is 1. The molecule has 1 heterocycles. The van der Waals surface area contributed by atoms with Crippen LogP contribution in [0.2, 0.25) is 0 Å². The third-order valence-corrected chi connectivity index (χ3v) is 6.31. The van der Waals surface area contributed by atoms with Gasteiger partial charge < -0.3 is 4.74 Å². The summed E-state index contributed by atoms with van der Waals surface area (Å²) in [4.78, 5) is 1.53. The van der Waals surface area contributed by atoms with Crippen molar-refractivity contribution in [2.45, 2.75) is 25.1 Å². The molecule has 19 heavy (non-hydrogen) atoms. The van der Waals surface area contributed by atoms with Crippen molar-refractivity contribution in [1.82, 2.24) is 0 Å². The van der Waals surface area contributed by atoms with Crippen LogP contribution in [0, 0.1) is 6.92 Å². The Morgan fingerprint density at radius 1 is 1.37 bits per heavy atom. The van der Waals surface area contributed by atoms with Crippen molar-refractivity contribution in [3.05, 3.63) is 49.6 Å². The Bertz CT molecular complexity index is 578. The lowest BCUT2D eigenvalue weighted by Crippen LogP contribution is -1.99. The van der Waals surface area contributed by atoms with E-state index in [2.05, 4.69) is 69.3 Å². The van der Waals surface area contributed by atoms with Gasteiger partial charge in [0.25, 0.3) is 0 Å². The molecule has 1 unspecified atom stereocenters. The fourth-order valence-electron chi connectivity index (χ4n) is 2.05. The van der Waals surface area contributed by atoms with Gasteiger partial charge in [0.05, 0.1) is 11.9 Å². The number of rotatable bonds is 4. The molecule has 0 aliphatic carbocycles. The van der Waals surface area contributed by atoms with Crippen LogP contribution in [0.3, 0.4) is 0 Å². The van der Waals surface area contributed by atoms with Crippen LogP contribution in [0.15, 0.2) is 28.1 Å². The van der Waals surface area contributed by atoms with E-state index in [1.165, 1.54) is 16.0 Å².